The third kappa shape index (κ3) is 3.41. The Morgan fingerprint density at radius 3 is 2.71 bits per heavy atom. The number of aromatic nitrogens is 1. The summed E-state index contributed by atoms with van der Waals surface area (Å²) in [5.74, 6) is -0.160. The Balaban J connectivity index is 1.75. The van der Waals surface area contributed by atoms with E-state index in [1.807, 2.05) is 32.0 Å². The fraction of sp³-hybridized carbons (Fsp3) is 0.176. The predicted octanol–water partition coefficient (Wildman–Crippen LogP) is 4.00. The lowest BCUT2D eigenvalue weighted by Gasteiger charge is -2.05. The third-order valence-electron chi connectivity index (χ3n) is 3.76. The molecule has 1 heterocycles. The number of nitro groups is 1. The number of benzene rings is 2. The van der Waals surface area contributed by atoms with Gasteiger partial charge >= 0.3 is 0 Å². The van der Waals surface area contributed by atoms with Crippen molar-refractivity contribution in [2.75, 3.05) is 5.32 Å². The molecule has 122 valence electrons. The molecule has 3 aromatic rings. The first-order valence-corrected chi connectivity index (χ1v) is 8.15. The molecule has 1 aromatic heterocycles. The summed E-state index contributed by atoms with van der Waals surface area (Å²) in [6.45, 7) is 4.04. The molecule has 24 heavy (non-hydrogen) atoms. The van der Waals surface area contributed by atoms with Crippen molar-refractivity contribution < 1.29 is 9.72 Å². The molecule has 0 unspecified atom stereocenters. The first-order chi connectivity index (χ1) is 11.4. The number of thiazole rings is 1. The average molecular weight is 341 g/mol. The number of hydrogen-bond acceptors (Lipinski definition) is 5. The normalized spacial score (nSPS) is 10.8. The van der Waals surface area contributed by atoms with Gasteiger partial charge in [-0.15, -0.1) is 0 Å². The van der Waals surface area contributed by atoms with Crippen molar-refractivity contribution in [2.24, 2.45) is 0 Å². The fourth-order valence-corrected chi connectivity index (χ4v) is 3.21. The van der Waals surface area contributed by atoms with Crippen LogP contribution < -0.4 is 5.32 Å². The van der Waals surface area contributed by atoms with Gasteiger partial charge in [0.15, 0.2) is 5.13 Å². The van der Waals surface area contributed by atoms with E-state index in [2.05, 4.69) is 10.3 Å². The molecule has 0 saturated heterocycles. The van der Waals surface area contributed by atoms with Crippen LogP contribution in [-0.4, -0.2) is 15.8 Å². The number of nitrogens with one attached hydrogen (secondary N) is 1. The molecule has 0 saturated carbocycles. The summed E-state index contributed by atoms with van der Waals surface area (Å²) in [5, 5.41) is 14.0. The molecule has 3 rings (SSSR count). The van der Waals surface area contributed by atoms with Crippen LogP contribution >= 0.6 is 11.3 Å². The number of anilines is 1. The number of nitrogens with zero attached hydrogens (tertiary/aromatic N) is 2. The highest BCUT2D eigenvalue weighted by molar-refractivity contribution is 7.22. The molecular formula is C17H15N3O3S. The van der Waals surface area contributed by atoms with Crippen molar-refractivity contribution in [1.82, 2.24) is 4.98 Å². The van der Waals surface area contributed by atoms with E-state index in [1.54, 1.807) is 6.07 Å². The van der Waals surface area contributed by atoms with E-state index in [4.69, 9.17) is 0 Å². The molecule has 0 aliphatic rings. The number of carbonyl (C=O) groups is 1. The van der Waals surface area contributed by atoms with Crippen LogP contribution in [0, 0.1) is 24.0 Å². The predicted molar refractivity (Wildman–Crippen MR) is 94.5 cm³/mol. The second-order valence-corrected chi connectivity index (χ2v) is 6.60. The van der Waals surface area contributed by atoms with Crippen LogP contribution in [0.25, 0.3) is 10.2 Å². The van der Waals surface area contributed by atoms with E-state index < -0.39 is 4.92 Å². The summed E-state index contributed by atoms with van der Waals surface area (Å²) < 4.78 is 0.794. The van der Waals surface area contributed by atoms with Gasteiger partial charge in [0.25, 0.3) is 5.69 Å². The quantitative estimate of drug-likeness (QED) is 0.574. The highest BCUT2D eigenvalue weighted by Gasteiger charge is 2.12. The monoisotopic (exact) mass is 341 g/mol. The second kappa shape index (κ2) is 6.37. The Morgan fingerprint density at radius 1 is 1.21 bits per heavy atom. The van der Waals surface area contributed by atoms with Gasteiger partial charge in [-0.05, 0) is 36.6 Å². The van der Waals surface area contributed by atoms with E-state index in [1.165, 1.54) is 29.0 Å². The van der Waals surface area contributed by atoms with Gasteiger partial charge in [0.1, 0.15) is 0 Å². The summed E-state index contributed by atoms with van der Waals surface area (Å²) in [6.07, 6.45) is 0.261. The molecular weight excluding hydrogens is 326 g/mol. The van der Waals surface area contributed by atoms with Gasteiger partial charge in [-0.3, -0.25) is 14.9 Å². The Kier molecular flexibility index (Phi) is 4.26. The molecule has 1 N–H and O–H groups in total. The smallest absolute Gasteiger partial charge is 0.271 e. The minimum atomic E-state index is -0.462. The Bertz CT molecular complexity index is 949. The van der Waals surface area contributed by atoms with Crippen molar-refractivity contribution in [3.8, 4) is 0 Å². The van der Waals surface area contributed by atoms with Crippen LogP contribution in [0.1, 0.15) is 16.7 Å². The van der Waals surface area contributed by atoms with Gasteiger partial charge in [-0.25, -0.2) is 4.98 Å². The van der Waals surface area contributed by atoms with Crippen LogP contribution in [0.4, 0.5) is 10.8 Å². The Hall–Kier alpha value is -2.80. The molecule has 0 spiro atoms. The number of non-ortho nitro benzene ring substituents is 1. The van der Waals surface area contributed by atoms with Crippen molar-refractivity contribution in [3.05, 3.63) is 63.2 Å². The number of amides is 1. The summed E-state index contributed by atoms with van der Waals surface area (Å²) >= 11 is 1.30. The van der Waals surface area contributed by atoms with Gasteiger partial charge in [-0.2, -0.15) is 0 Å². The first kappa shape index (κ1) is 16.1. The van der Waals surface area contributed by atoms with E-state index >= 15 is 0 Å². The van der Waals surface area contributed by atoms with Crippen LogP contribution in [-0.2, 0) is 11.2 Å². The van der Waals surface area contributed by atoms with Gasteiger partial charge < -0.3 is 5.32 Å². The zero-order chi connectivity index (χ0) is 17.3. The molecule has 0 radical (unpaired) electrons. The summed E-state index contributed by atoms with van der Waals surface area (Å²) in [5.41, 5.74) is 3.77. The van der Waals surface area contributed by atoms with Crippen molar-refractivity contribution in [2.45, 2.75) is 20.3 Å². The van der Waals surface area contributed by atoms with Gasteiger partial charge in [0.05, 0.1) is 21.6 Å². The van der Waals surface area contributed by atoms with E-state index in [-0.39, 0.29) is 18.0 Å². The molecule has 0 aliphatic heterocycles. The topological polar surface area (TPSA) is 85.1 Å². The molecule has 0 bridgehead atoms. The summed E-state index contributed by atoms with van der Waals surface area (Å²) in [6, 6.07) is 10.4. The van der Waals surface area contributed by atoms with Crippen molar-refractivity contribution >= 4 is 38.3 Å². The number of rotatable bonds is 4. The molecule has 0 atom stereocenters. The van der Waals surface area contributed by atoms with Gasteiger partial charge in [0, 0.05) is 12.1 Å². The van der Waals surface area contributed by atoms with E-state index in [9.17, 15) is 14.9 Å². The number of carbonyl (C=O) groups excluding carboxylic acids is 1. The van der Waals surface area contributed by atoms with Gasteiger partial charge in [0.2, 0.25) is 5.91 Å². The minimum absolute atomic E-state index is 0.0131. The maximum Gasteiger partial charge on any atom is 0.271 e. The molecule has 2 aromatic carbocycles. The molecule has 0 fully saturated rings. The number of hydrogen-bond donors (Lipinski definition) is 1. The highest BCUT2D eigenvalue weighted by atomic mass is 32.1. The zero-order valence-corrected chi connectivity index (χ0v) is 14.0. The lowest BCUT2D eigenvalue weighted by atomic mass is 10.0. The maximum atomic E-state index is 12.2. The molecule has 7 heteroatoms. The van der Waals surface area contributed by atoms with Crippen LogP contribution in [0.5, 0.6) is 0 Å². The Morgan fingerprint density at radius 2 is 2.00 bits per heavy atom. The minimum Gasteiger partial charge on any atom is -0.302 e. The SMILES string of the molecule is Cc1ccc(CC(=O)Nc2nc3cc([N+](=O)[O-])ccc3s2)cc1C. The van der Waals surface area contributed by atoms with Gasteiger partial charge in [-0.1, -0.05) is 29.5 Å². The average Bonchev–Trinajstić information content (AvgIpc) is 2.91. The third-order valence-corrected chi connectivity index (χ3v) is 4.72. The molecule has 6 nitrogen and oxygen atoms in total. The number of aryl methyl sites for hydroxylation is 2. The Labute approximate surface area is 142 Å². The first-order valence-electron chi connectivity index (χ1n) is 7.33. The maximum absolute atomic E-state index is 12.2. The summed E-state index contributed by atoms with van der Waals surface area (Å²) in [7, 11) is 0. The molecule has 0 aliphatic carbocycles. The van der Waals surface area contributed by atoms with Crippen LogP contribution in [0.2, 0.25) is 0 Å². The highest BCUT2D eigenvalue weighted by Crippen LogP contribution is 2.28. The van der Waals surface area contributed by atoms with E-state index in [0.717, 1.165) is 15.8 Å². The number of nitro benzene ring substituents is 1. The zero-order valence-electron chi connectivity index (χ0n) is 13.2. The van der Waals surface area contributed by atoms with Crippen molar-refractivity contribution in [1.29, 1.82) is 0 Å². The van der Waals surface area contributed by atoms with Crippen molar-refractivity contribution in [3.63, 3.8) is 0 Å². The summed E-state index contributed by atoms with van der Waals surface area (Å²) in [4.78, 5) is 26.8. The standard InChI is InChI=1S/C17H15N3O3S/c1-10-3-4-12(7-11(10)2)8-16(21)19-17-18-14-9-13(20(22)23)5-6-15(14)24-17/h3-7,9H,8H2,1-2H3,(H,18,19,21). The van der Waals surface area contributed by atoms with Crippen LogP contribution in [0.15, 0.2) is 36.4 Å². The van der Waals surface area contributed by atoms with Crippen LogP contribution in [0.3, 0.4) is 0 Å². The fourth-order valence-electron chi connectivity index (χ4n) is 2.35. The largest absolute Gasteiger partial charge is 0.302 e. The second-order valence-electron chi connectivity index (χ2n) is 5.57. The van der Waals surface area contributed by atoms with E-state index in [0.29, 0.717) is 10.6 Å². The number of fused-ring (bicyclic) bond motifs is 1. The lowest BCUT2D eigenvalue weighted by molar-refractivity contribution is -0.384. The lowest BCUT2D eigenvalue weighted by Crippen LogP contribution is -2.14. The molecule has 1 amide bonds.